The van der Waals surface area contributed by atoms with Crippen LogP contribution in [0.4, 0.5) is 0 Å². The quantitative estimate of drug-likeness (QED) is 0.818. The van der Waals surface area contributed by atoms with Crippen LogP contribution in [0.5, 0.6) is 0 Å². The normalized spacial score (nSPS) is 13.1. The van der Waals surface area contributed by atoms with Crippen LogP contribution in [0.1, 0.15) is 67.8 Å². The maximum absolute atomic E-state index is 12.9. The van der Waals surface area contributed by atoms with E-state index in [2.05, 4.69) is 36.4 Å². The number of amides is 2. The maximum Gasteiger partial charge on any atom is 0.262 e. The van der Waals surface area contributed by atoms with Crippen LogP contribution in [0, 0.1) is 19.8 Å². The van der Waals surface area contributed by atoms with Crippen LogP contribution in [-0.4, -0.2) is 34.9 Å². The highest BCUT2D eigenvalue weighted by molar-refractivity contribution is 7.20. The maximum atomic E-state index is 12.9. The van der Waals surface area contributed by atoms with Gasteiger partial charge in [-0.3, -0.25) is 9.59 Å². The van der Waals surface area contributed by atoms with E-state index in [4.69, 9.17) is 4.98 Å². The minimum Gasteiger partial charge on any atom is -0.357 e. The zero-order chi connectivity index (χ0) is 20.5. The van der Waals surface area contributed by atoms with Crippen molar-refractivity contribution < 1.29 is 9.59 Å². The largest absolute Gasteiger partial charge is 0.357 e. The molecule has 0 radical (unpaired) electrons. The molecule has 2 heterocycles. The van der Waals surface area contributed by atoms with E-state index in [-0.39, 0.29) is 17.2 Å². The minimum atomic E-state index is -0.551. The fourth-order valence-electron chi connectivity index (χ4n) is 2.99. The molecule has 0 saturated carbocycles. The Morgan fingerprint density at radius 3 is 2.30 bits per heavy atom. The highest BCUT2D eigenvalue weighted by Gasteiger charge is 2.26. The minimum absolute atomic E-state index is 0.166. The molecular weight excluding hydrogens is 360 g/mol. The number of rotatable bonds is 5. The summed E-state index contributed by atoms with van der Waals surface area (Å²) in [5, 5.41) is 6.45. The summed E-state index contributed by atoms with van der Waals surface area (Å²) in [7, 11) is 1.58. The van der Waals surface area contributed by atoms with E-state index in [0.717, 1.165) is 27.3 Å². The van der Waals surface area contributed by atoms with Crippen molar-refractivity contribution in [3.8, 4) is 0 Å². The lowest BCUT2D eigenvalue weighted by molar-refractivity contribution is -0.122. The molecule has 2 amide bonds. The number of thiophene rings is 1. The molecule has 0 aliphatic heterocycles. The second-order valence-electron chi connectivity index (χ2n) is 8.39. The fourth-order valence-corrected chi connectivity index (χ4v) is 4.13. The smallest absolute Gasteiger partial charge is 0.262 e. The lowest BCUT2D eigenvalue weighted by Crippen LogP contribution is -2.46. The molecule has 0 fully saturated rings. The molecule has 2 aromatic heterocycles. The van der Waals surface area contributed by atoms with Crippen LogP contribution in [0.3, 0.4) is 0 Å². The number of fused-ring (bicyclic) bond motifs is 1. The standard InChI is InChI=1S/C20H30N4O2S/c1-10(2)9-13(16(25)21-8)23-17(26)15-11(3)14-12(4)22-19(20(5,6)7)24-18(14)27-15/h10,13H,9H2,1-8H3,(H,21,25)(H,23,26)/t13-/m1/s1. The van der Waals surface area contributed by atoms with Gasteiger partial charge in [0.1, 0.15) is 16.7 Å². The third-order valence-electron chi connectivity index (χ3n) is 4.42. The molecule has 0 aliphatic carbocycles. The van der Waals surface area contributed by atoms with Crippen molar-refractivity contribution in [1.82, 2.24) is 20.6 Å². The van der Waals surface area contributed by atoms with Crippen LogP contribution in [0.25, 0.3) is 10.2 Å². The van der Waals surface area contributed by atoms with Crippen molar-refractivity contribution in [3.05, 3.63) is 22.0 Å². The molecule has 148 valence electrons. The molecule has 1 atom stereocenters. The number of hydrogen-bond donors (Lipinski definition) is 2. The van der Waals surface area contributed by atoms with Crippen LogP contribution in [0.2, 0.25) is 0 Å². The van der Waals surface area contributed by atoms with E-state index in [9.17, 15) is 9.59 Å². The average Bonchev–Trinajstić information content (AvgIpc) is 2.89. The van der Waals surface area contributed by atoms with E-state index >= 15 is 0 Å². The molecule has 2 aromatic rings. The number of nitrogens with zero attached hydrogens (tertiary/aromatic N) is 2. The van der Waals surface area contributed by atoms with Gasteiger partial charge in [0.15, 0.2) is 0 Å². The van der Waals surface area contributed by atoms with Crippen molar-refractivity contribution in [2.24, 2.45) is 5.92 Å². The third-order valence-corrected chi connectivity index (χ3v) is 5.61. The summed E-state index contributed by atoms with van der Waals surface area (Å²) >= 11 is 1.36. The first kappa shape index (κ1) is 21.3. The van der Waals surface area contributed by atoms with Gasteiger partial charge in [-0.25, -0.2) is 9.97 Å². The first-order chi connectivity index (χ1) is 12.5. The van der Waals surface area contributed by atoms with Gasteiger partial charge >= 0.3 is 0 Å². The molecule has 27 heavy (non-hydrogen) atoms. The highest BCUT2D eigenvalue weighted by Crippen LogP contribution is 2.33. The van der Waals surface area contributed by atoms with Gasteiger partial charge in [-0.1, -0.05) is 34.6 Å². The monoisotopic (exact) mass is 390 g/mol. The van der Waals surface area contributed by atoms with Gasteiger partial charge in [0, 0.05) is 17.8 Å². The number of carbonyl (C=O) groups is 2. The van der Waals surface area contributed by atoms with Gasteiger partial charge in [0.2, 0.25) is 5.91 Å². The third kappa shape index (κ3) is 4.64. The van der Waals surface area contributed by atoms with Gasteiger partial charge in [-0.2, -0.15) is 0 Å². The Bertz CT molecular complexity index is 865. The Morgan fingerprint density at radius 1 is 1.15 bits per heavy atom. The number of hydrogen-bond acceptors (Lipinski definition) is 5. The Labute approximate surface area is 165 Å². The van der Waals surface area contributed by atoms with Crippen LogP contribution in [0.15, 0.2) is 0 Å². The second kappa shape index (κ2) is 7.92. The van der Waals surface area contributed by atoms with Gasteiger partial charge in [-0.15, -0.1) is 11.3 Å². The fraction of sp³-hybridized carbons (Fsp3) is 0.600. The molecule has 0 bridgehead atoms. The SMILES string of the molecule is CNC(=O)[C@@H](CC(C)C)NC(=O)c1sc2nc(C(C)(C)C)nc(C)c2c1C. The first-order valence-corrected chi connectivity index (χ1v) is 10.1. The molecule has 7 heteroatoms. The average molecular weight is 391 g/mol. The molecule has 2 rings (SSSR count). The van der Waals surface area contributed by atoms with Gasteiger partial charge in [-0.05, 0) is 31.7 Å². The number of aromatic nitrogens is 2. The molecule has 0 aromatic carbocycles. The topological polar surface area (TPSA) is 84.0 Å². The molecule has 0 unspecified atom stereocenters. The summed E-state index contributed by atoms with van der Waals surface area (Å²) in [6.45, 7) is 14.1. The number of nitrogens with one attached hydrogen (secondary N) is 2. The Balaban J connectivity index is 2.42. The Kier molecular flexibility index (Phi) is 6.24. The first-order valence-electron chi connectivity index (χ1n) is 9.26. The summed E-state index contributed by atoms with van der Waals surface area (Å²) in [6.07, 6.45) is 0.586. The predicted molar refractivity (Wildman–Crippen MR) is 110 cm³/mol. The van der Waals surface area contributed by atoms with E-state index in [1.54, 1.807) is 7.05 Å². The number of aryl methyl sites for hydroxylation is 2. The van der Waals surface area contributed by atoms with Crippen molar-refractivity contribution in [1.29, 1.82) is 0 Å². The van der Waals surface area contributed by atoms with Gasteiger partial charge in [0.05, 0.1) is 10.6 Å². The summed E-state index contributed by atoms with van der Waals surface area (Å²) in [6, 6.07) is -0.551. The Hall–Kier alpha value is -2.02. The molecule has 2 N–H and O–H groups in total. The molecule has 0 aliphatic rings. The highest BCUT2D eigenvalue weighted by atomic mass is 32.1. The van der Waals surface area contributed by atoms with E-state index in [1.807, 2.05) is 27.7 Å². The van der Waals surface area contributed by atoms with E-state index in [0.29, 0.717) is 17.2 Å². The lowest BCUT2D eigenvalue weighted by Gasteiger charge is -2.18. The number of likely N-dealkylation sites (N-methyl/N-ethyl adjacent to an activating group) is 1. The van der Waals surface area contributed by atoms with Gasteiger partial charge < -0.3 is 10.6 Å². The molecular formula is C20H30N4O2S. The lowest BCUT2D eigenvalue weighted by atomic mass is 9.95. The second-order valence-corrected chi connectivity index (χ2v) is 9.39. The van der Waals surface area contributed by atoms with Crippen molar-refractivity contribution in [3.63, 3.8) is 0 Å². The zero-order valence-corrected chi connectivity index (χ0v) is 18.3. The number of carbonyl (C=O) groups excluding carboxylic acids is 2. The predicted octanol–water partition coefficient (Wildman–Crippen LogP) is 3.50. The molecule has 0 saturated heterocycles. The summed E-state index contributed by atoms with van der Waals surface area (Å²) in [5.74, 6) is 0.644. The molecule has 6 nitrogen and oxygen atoms in total. The summed E-state index contributed by atoms with van der Waals surface area (Å²) in [5.41, 5.74) is 1.58. The summed E-state index contributed by atoms with van der Waals surface area (Å²) < 4.78 is 0. The zero-order valence-electron chi connectivity index (χ0n) is 17.5. The molecule has 0 spiro atoms. The van der Waals surface area contributed by atoms with Gasteiger partial charge in [0.25, 0.3) is 5.91 Å². The van der Waals surface area contributed by atoms with E-state index < -0.39 is 6.04 Å². The van der Waals surface area contributed by atoms with Crippen LogP contribution >= 0.6 is 11.3 Å². The van der Waals surface area contributed by atoms with E-state index in [1.165, 1.54) is 11.3 Å². The van der Waals surface area contributed by atoms with Crippen molar-refractivity contribution >= 4 is 33.4 Å². The van der Waals surface area contributed by atoms with Crippen LogP contribution in [-0.2, 0) is 10.2 Å². The van der Waals surface area contributed by atoms with Crippen LogP contribution < -0.4 is 10.6 Å². The Morgan fingerprint density at radius 2 is 1.78 bits per heavy atom. The van der Waals surface area contributed by atoms with Crippen molar-refractivity contribution in [2.45, 2.75) is 66.3 Å². The van der Waals surface area contributed by atoms with Crippen molar-refractivity contribution in [2.75, 3.05) is 7.05 Å². The summed E-state index contributed by atoms with van der Waals surface area (Å²) in [4.78, 5) is 35.8.